The summed E-state index contributed by atoms with van der Waals surface area (Å²) in [5.41, 5.74) is 3.86. The van der Waals surface area contributed by atoms with Crippen LogP contribution in [0.2, 0.25) is 0 Å². The molecule has 0 fully saturated rings. The molecular formula is C18H22N2O. The Labute approximate surface area is 126 Å². The Bertz CT molecular complexity index is 612. The van der Waals surface area contributed by atoms with Crippen LogP contribution in [0.3, 0.4) is 0 Å². The van der Waals surface area contributed by atoms with E-state index in [1.165, 1.54) is 11.3 Å². The molecule has 0 spiro atoms. The van der Waals surface area contributed by atoms with Crippen molar-refractivity contribution in [3.63, 3.8) is 0 Å². The van der Waals surface area contributed by atoms with Gasteiger partial charge in [-0.05, 0) is 36.1 Å². The summed E-state index contributed by atoms with van der Waals surface area (Å²) in [7, 11) is 3.86. The van der Waals surface area contributed by atoms with Crippen molar-refractivity contribution in [1.82, 2.24) is 0 Å². The van der Waals surface area contributed by atoms with Gasteiger partial charge in [0, 0.05) is 25.8 Å². The molecule has 0 amide bonds. The van der Waals surface area contributed by atoms with Gasteiger partial charge >= 0.3 is 0 Å². The van der Waals surface area contributed by atoms with Crippen molar-refractivity contribution >= 4 is 11.4 Å². The summed E-state index contributed by atoms with van der Waals surface area (Å²) < 4.78 is 5.45. The van der Waals surface area contributed by atoms with Crippen molar-refractivity contribution < 1.29 is 4.74 Å². The molecule has 0 saturated heterocycles. The Balaban J connectivity index is 1.70. The lowest BCUT2D eigenvalue weighted by atomic mass is 9.93. The van der Waals surface area contributed by atoms with Gasteiger partial charge in [0.1, 0.15) is 5.75 Å². The van der Waals surface area contributed by atoms with Gasteiger partial charge in [0.15, 0.2) is 0 Å². The number of fused-ring (bicyclic) bond motifs is 1. The van der Waals surface area contributed by atoms with E-state index in [4.69, 9.17) is 4.74 Å². The molecular weight excluding hydrogens is 260 g/mol. The molecule has 1 heterocycles. The highest BCUT2D eigenvalue weighted by molar-refractivity contribution is 5.58. The Hall–Kier alpha value is -2.16. The number of rotatable bonds is 4. The van der Waals surface area contributed by atoms with Crippen molar-refractivity contribution in [1.29, 1.82) is 0 Å². The first-order valence-electron chi connectivity index (χ1n) is 7.44. The molecule has 0 saturated carbocycles. The van der Waals surface area contributed by atoms with Crippen molar-refractivity contribution in [3.8, 4) is 5.75 Å². The van der Waals surface area contributed by atoms with E-state index in [0.29, 0.717) is 5.92 Å². The van der Waals surface area contributed by atoms with Crippen LogP contribution in [-0.4, -0.2) is 27.2 Å². The van der Waals surface area contributed by atoms with Crippen LogP contribution < -0.4 is 15.0 Å². The highest BCUT2D eigenvalue weighted by Gasteiger charge is 2.20. The molecule has 0 bridgehead atoms. The lowest BCUT2D eigenvalue weighted by molar-refractivity contribution is 0.413. The van der Waals surface area contributed by atoms with E-state index in [2.05, 4.69) is 53.7 Å². The van der Waals surface area contributed by atoms with Crippen LogP contribution in [0.4, 0.5) is 11.4 Å². The van der Waals surface area contributed by atoms with Crippen molar-refractivity contribution in [3.05, 3.63) is 54.1 Å². The fourth-order valence-electron chi connectivity index (χ4n) is 3.07. The third-order valence-corrected chi connectivity index (χ3v) is 4.14. The Morgan fingerprint density at radius 1 is 1.14 bits per heavy atom. The second-order valence-corrected chi connectivity index (χ2v) is 5.66. The van der Waals surface area contributed by atoms with Gasteiger partial charge in [-0.2, -0.15) is 0 Å². The van der Waals surface area contributed by atoms with E-state index >= 15 is 0 Å². The lowest BCUT2D eigenvalue weighted by Gasteiger charge is -2.31. The average molecular weight is 282 g/mol. The molecule has 3 nitrogen and oxygen atoms in total. The third-order valence-electron chi connectivity index (χ3n) is 4.14. The monoisotopic (exact) mass is 282 g/mol. The van der Waals surface area contributed by atoms with Crippen LogP contribution in [0, 0.1) is 5.92 Å². The number of hydrogen-bond acceptors (Lipinski definition) is 3. The minimum Gasteiger partial charge on any atom is -0.495 e. The second kappa shape index (κ2) is 6.08. The molecule has 0 aliphatic carbocycles. The van der Waals surface area contributed by atoms with Gasteiger partial charge in [0.2, 0.25) is 0 Å². The molecule has 110 valence electrons. The number of nitrogens with one attached hydrogen (secondary N) is 1. The molecule has 2 aromatic carbocycles. The molecule has 1 atom stereocenters. The van der Waals surface area contributed by atoms with Gasteiger partial charge in [0.05, 0.1) is 12.8 Å². The third kappa shape index (κ3) is 2.97. The van der Waals surface area contributed by atoms with Crippen LogP contribution >= 0.6 is 0 Å². The molecule has 1 unspecified atom stereocenters. The Morgan fingerprint density at radius 3 is 2.76 bits per heavy atom. The number of nitrogens with zero attached hydrogens (tertiary/aromatic N) is 1. The van der Waals surface area contributed by atoms with E-state index in [0.717, 1.165) is 30.9 Å². The summed E-state index contributed by atoms with van der Waals surface area (Å²) in [6.07, 6.45) is 1.13. The first-order valence-corrected chi connectivity index (χ1v) is 7.44. The topological polar surface area (TPSA) is 24.5 Å². The maximum atomic E-state index is 5.45. The molecule has 1 aliphatic rings. The lowest BCUT2D eigenvalue weighted by Crippen LogP contribution is -2.33. The molecule has 1 aliphatic heterocycles. The Morgan fingerprint density at radius 2 is 1.90 bits per heavy atom. The van der Waals surface area contributed by atoms with E-state index < -0.39 is 0 Å². The first kappa shape index (κ1) is 13.8. The molecule has 0 radical (unpaired) electrons. The number of ether oxygens (including phenoxy) is 1. The summed E-state index contributed by atoms with van der Waals surface area (Å²) in [4.78, 5) is 2.29. The fourth-order valence-corrected chi connectivity index (χ4v) is 3.07. The largest absolute Gasteiger partial charge is 0.495 e. The molecule has 2 aromatic rings. The van der Waals surface area contributed by atoms with Crippen LogP contribution in [0.1, 0.15) is 5.56 Å². The number of anilines is 2. The first-order chi connectivity index (χ1) is 10.3. The fraction of sp³-hybridized carbons (Fsp3) is 0.333. The smallest absolute Gasteiger partial charge is 0.142 e. The van der Waals surface area contributed by atoms with Crippen molar-refractivity contribution in [2.24, 2.45) is 5.92 Å². The minimum absolute atomic E-state index is 0.606. The SMILES string of the molecule is COc1ccccc1N(C)CC1CNc2ccccc2C1. The van der Waals surface area contributed by atoms with E-state index in [-0.39, 0.29) is 0 Å². The number of benzene rings is 2. The quantitative estimate of drug-likeness (QED) is 0.930. The van der Waals surface area contributed by atoms with Crippen LogP contribution in [0.15, 0.2) is 48.5 Å². The summed E-state index contributed by atoms with van der Waals surface area (Å²) >= 11 is 0. The zero-order valence-electron chi connectivity index (χ0n) is 12.7. The molecule has 3 rings (SSSR count). The number of hydrogen-bond donors (Lipinski definition) is 1. The summed E-state index contributed by atoms with van der Waals surface area (Å²) in [5, 5.41) is 3.54. The standard InChI is InChI=1S/C18H22N2O/c1-20(17-9-5-6-10-18(17)21-2)13-14-11-15-7-3-4-8-16(15)19-12-14/h3-10,14,19H,11-13H2,1-2H3. The van der Waals surface area contributed by atoms with Crippen molar-refractivity contribution in [2.45, 2.75) is 6.42 Å². The number of para-hydroxylation sites is 3. The van der Waals surface area contributed by atoms with Crippen LogP contribution in [0.5, 0.6) is 5.75 Å². The van der Waals surface area contributed by atoms with Crippen molar-refractivity contribution in [2.75, 3.05) is 37.5 Å². The second-order valence-electron chi connectivity index (χ2n) is 5.66. The zero-order chi connectivity index (χ0) is 14.7. The average Bonchev–Trinajstić information content (AvgIpc) is 2.54. The van der Waals surface area contributed by atoms with Gasteiger partial charge in [-0.25, -0.2) is 0 Å². The summed E-state index contributed by atoms with van der Waals surface area (Å²) in [5.74, 6) is 1.54. The summed E-state index contributed by atoms with van der Waals surface area (Å²) in [6, 6.07) is 16.8. The normalized spacial score (nSPS) is 16.8. The highest BCUT2D eigenvalue weighted by atomic mass is 16.5. The Kier molecular flexibility index (Phi) is 4.00. The van der Waals surface area contributed by atoms with Crippen LogP contribution in [-0.2, 0) is 6.42 Å². The number of methoxy groups -OCH3 is 1. The zero-order valence-corrected chi connectivity index (χ0v) is 12.7. The van der Waals surface area contributed by atoms with Gasteiger partial charge < -0.3 is 15.0 Å². The highest BCUT2D eigenvalue weighted by Crippen LogP contribution is 2.29. The summed E-state index contributed by atoms with van der Waals surface area (Å²) in [6.45, 7) is 2.04. The molecule has 0 aromatic heterocycles. The van der Waals surface area contributed by atoms with Gasteiger partial charge in [-0.15, -0.1) is 0 Å². The van der Waals surface area contributed by atoms with E-state index in [9.17, 15) is 0 Å². The predicted molar refractivity (Wildman–Crippen MR) is 88.4 cm³/mol. The van der Waals surface area contributed by atoms with Gasteiger partial charge in [-0.3, -0.25) is 0 Å². The van der Waals surface area contributed by atoms with E-state index in [1.54, 1.807) is 7.11 Å². The van der Waals surface area contributed by atoms with E-state index in [1.807, 2.05) is 12.1 Å². The maximum absolute atomic E-state index is 5.45. The molecule has 3 heteroatoms. The van der Waals surface area contributed by atoms with Crippen LogP contribution in [0.25, 0.3) is 0 Å². The predicted octanol–water partition coefficient (Wildman–Crippen LogP) is 3.42. The minimum atomic E-state index is 0.606. The molecule has 1 N–H and O–H groups in total. The van der Waals surface area contributed by atoms with Gasteiger partial charge in [-0.1, -0.05) is 30.3 Å². The van der Waals surface area contributed by atoms with Gasteiger partial charge in [0.25, 0.3) is 0 Å². The maximum Gasteiger partial charge on any atom is 0.142 e. The molecule has 21 heavy (non-hydrogen) atoms.